The van der Waals surface area contributed by atoms with Crippen LogP contribution in [0.4, 0.5) is 0 Å². The third-order valence-corrected chi connectivity index (χ3v) is 4.86. The normalized spacial score (nSPS) is 13.5. The second-order valence-corrected chi connectivity index (χ2v) is 7.05. The van der Waals surface area contributed by atoms with Crippen LogP contribution in [0.25, 0.3) is 0 Å². The quantitative estimate of drug-likeness (QED) is 0.633. The fraction of sp³-hybridized carbons (Fsp3) is 0.300. The van der Waals surface area contributed by atoms with E-state index in [-0.39, 0.29) is 18.6 Å². The lowest BCUT2D eigenvalue weighted by atomic mass is 10.2. The average molecular weight is 449 g/mol. The first-order chi connectivity index (χ1) is 13.5. The molecule has 28 heavy (non-hydrogen) atoms. The van der Waals surface area contributed by atoms with Gasteiger partial charge >= 0.3 is 0 Å². The maximum absolute atomic E-state index is 13.0. The van der Waals surface area contributed by atoms with Crippen molar-refractivity contribution < 1.29 is 23.8 Å². The van der Waals surface area contributed by atoms with Crippen LogP contribution in [0.15, 0.2) is 46.9 Å². The average Bonchev–Trinajstić information content (AvgIpc) is 3.21. The molecule has 148 valence electrons. The number of hydrazine groups is 1. The van der Waals surface area contributed by atoms with E-state index in [1.54, 1.807) is 42.5 Å². The number of halogens is 1. The zero-order chi connectivity index (χ0) is 20.1. The maximum atomic E-state index is 13.0. The summed E-state index contributed by atoms with van der Waals surface area (Å²) < 4.78 is 16.5. The fourth-order valence-electron chi connectivity index (χ4n) is 2.97. The van der Waals surface area contributed by atoms with Crippen molar-refractivity contribution in [3.05, 3.63) is 58.1 Å². The van der Waals surface area contributed by atoms with Crippen LogP contribution < -0.4 is 9.47 Å². The maximum Gasteiger partial charge on any atom is 0.272 e. The lowest BCUT2D eigenvalue weighted by Crippen LogP contribution is -2.44. The number of carbonyl (C=O) groups is 2. The first kappa shape index (κ1) is 20.2. The summed E-state index contributed by atoms with van der Waals surface area (Å²) in [6.07, 6.45) is 0.722. The van der Waals surface area contributed by atoms with Crippen molar-refractivity contribution in [1.29, 1.82) is 0 Å². The summed E-state index contributed by atoms with van der Waals surface area (Å²) in [5.74, 6) is 0.433. The summed E-state index contributed by atoms with van der Waals surface area (Å²) in [7, 11) is 3.03. The number of carbonyl (C=O) groups excluding carboxylic acids is 2. The first-order valence-electron chi connectivity index (χ1n) is 8.74. The highest BCUT2D eigenvalue weighted by molar-refractivity contribution is 9.10. The molecule has 8 heteroatoms. The summed E-state index contributed by atoms with van der Waals surface area (Å²) >= 11 is 3.36. The summed E-state index contributed by atoms with van der Waals surface area (Å²) in [4.78, 5) is 25.9. The Morgan fingerprint density at radius 2 is 1.54 bits per heavy atom. The van der Waals surface area contributed by atoms with Crippen LogP contribution in [0.3, 0.4) is 0 Å². The molecule has 1 aliphatic heterocycles. The van der Waals surface area contributed by atoms with Gasteiger partial charge in [0.25, 0.3) is 11.8 Å². The van der Waals surface area contributed by atoms with E-state index in [4.69, 9.17) is 14.2 Å². The SMILES string of the molecule is COCOc1ccc(C(=O)N2CCCN2C(=O)c2ccc(Br)cc2)cc1OC. The lowest BCUT2D eigenvalue weighted by Gasteiger charge is -2.28. The Bertz CT molecular complexity index is 856. The molecule has 0 aromatic heterocycles. The number of amides is 2. The van der Waals surface area contributed by atoms with Gasteiger partial charge in [0.05, 0.1) is 7.11 Å². The van der Waals surface area contributed by atoms with Gasteiger partial charge in [-0.3, -0.25) is 9.59 Å². The van der Waals surface area contributed by atoms with Gasteiger partial charge in [0.1, 0.15) is 0 Å². The van der Waals surface area contributed by atoms with E-state index < -0.39 is 0 Å². The molecule has 1 fully saturated rings. The van der Waals surface area contributed by atoms with Crippen LogP contribution in [0.5, 0.6) is 11.5 Å². The van der Waals surface area contributed by atoms with Gasteiger partial charge in [-0.25, -0.2) is 10.0 Å². The van der Waals surface area contributed by atoms with Gasteiger partial charge in [-0.15, -0.1) is 0 Å². The van der Waals surface area contributed by atoms with Gasteiger partial charge in [-0.2, -0.15) is 0 Å². The van der Waals surface area contributed by atoms with Gasteiger partial charge in [-0.05, 0) is 48.9 Å². The Hall–Kier alpha value is -2.58. The summed E-state index contributed by atoms with van der Waals surface area (Å²) in [5, 5.41) is 2.97. The van der Waals surface area contributed by atoms with Gasteiger partial charge in [0.15, 0.2) is 18.3 Å². The molecule has 0 aliphatic carbocycles. The van der Waals surface area contributed by atoms with Crippen molar-refractivity contribution in [2.24, 2.45) is 0 Å². The molecule has 2 amide bonds. The smallest absolute Gasteiger partial charge is 0.272 e. The van der Waals surface area contributed by atoms with Gasteiger partial charge < -0.3 is 14.2 Å². The van der Waals surface area contributed by atoms with E-state index in [9.17, 15) is 9.59 Å². The van der Waals surface area contributed by atoms with Crippen LogP contribution in [0.1, 0.15) is 27.1 Å². The van der Waals surface area contributed by atoms with Crippen molar-refractivity contribution in [2.75, 3.05) is 34.1 Å². The zero-order valence-electron chi connectivity index (χ0n) is 15.7. The van der Waals surface area contributed by atoms with Crippen molar-refractivity contribution in [3.63, 3.8) is 0 Å². The molecule has 0 unspecified atom stereocenters. The third-order valence-electron chi connectivity index (χ3n) is 4.33. The zero-order valence-corrected chi connectivity index (χ0v) is 17.3. The van der Waals surface area contributed by atoms with Crippen molar-refractivity contribution in [3.8, 4) is 11.5 Å². The Labute approximate surface area is 171 Å². The molecule has 0 bridgehead atoms. The number of rotatable bonds is 6. The third kappa shape index (κ3) is 4.28. The van der Waals surface area contributed by atoms with Crippen molar-refractivity contribution >= 4 is 27.7 Å². The predicted molar refractivity (Wildman–Crippen MR) is 106 cm³/mol. The first-order valence-corrected chi connectivity index (χ1v) is 9.53. The van der Waals surface area contributed by atoms with Gasteiger partial charge in [0, 0.05) is 35.8 Å². The molecule has 0 spiro atoms. The van der Waals surface area contributed by atoms with E-state index in [0.717, 1.165) is 10.9 Å². The molecule has 0 atom stereocenters. The largest absolute Gasteiger partial charge is 0.493 e. The predicted octanol–water partition coefficient (Wildman–Crippen LogP) is 3.34. The van der Waals surface area contributed by atoms with Gasteiger partial charge in [-0.1, -0.05) is 15.9 Å². The topological polar surface area (TPSA) is 68.3 Å². The van der Waals surface area contributed by atoms with Crippen LogP contribution in [0, 0.1) is 0 Å². The molecule has 1 heterocycles. The molecule has 2 aromatic rings. The van der Waals surface area contributed by atoms with E-state index in [1.807, 2.05) is 0 Å². The molecule has 0 saturated carbocycles. The Balaban J connectivity index is 1.80. The minimum absolute atomic E-state index is 0.0747. The van der Waals surface area contributed by atoms with Crippen LogP contribution in [-0.4, -0.2) is 55.9 Å². The minimum Gasteiger partial charge on any atom is -0.493 e. The Kier molecular flexibility index (Phi) is 6.53. The summed E-state index contributed by atoms with van der Waals surface area (Å²) in [6.45, 7) is 1.05. The number of methoxy groups -OCH3 is 2. The van der Waals surface area contributed by atoms with E-state index >= 15 is 0 Å². The van der Waals surface area contributed by atoms with E-state index in [1.165, 1.54) is 24.2 Å². The standard InChI is InChI=1S/C20H21BrN2O5/c1-26-13-28-17-9-6-15(12-18(17)27-2)20(25)23-11-3-10-22(23)19(24)14-4-7-16(21)8-5-14/h4-9,12H,3,10-11,13H2,1-2H3. The van der Waals surface area contributed by atoms with Crippen LogP contribution in [-0.2, 0) is 4.74 Å². The minimum atomic E-state index is -0.264. The molecular formula is C20H21BrN2O5. The Morgan fingerprint density at radius 1 is 0.929 bits per heavy atom. The lowest BCUT2D eigenvalue weighted by molar-refractivity contribution is 0.0185. The fourth-order valence-corrected chi connectivity index (χ4v) is 3.23. The molecule has 2 aromatic carbocycles. The highest BCUT2D eigenvalue weighted by Gasteiger charge is 2.32. The number of nitrogens with zero attached hydrogens (tertiary/aromatic N) is 2. The van der Waals surface area contributed by atoms with E-state index in [0.29, 0.717) is 35.7 Å². The second-order valence-electron chi connectivity index (χ2n) is 6.13. The number of hydrogen-bond acceptors (Lipinski definition) is 5. The number of ether oxygens (including phenoxy) is 3. The Morgan fingerprint density at radius 3 is 2.14 bits per heavy atom. The molecule has 3 rings (SSSR count). The van der Waals surface area contributed by atoms with Crippen molar-refractivity contribution in [2.45, 2.75) is 6.42 Å². The van der Waals surface area contributed by atoms with Crippen molar-refractivity contribution in [1.82, 2.24) is 10.0 Å². The molecule has 0 N–H and O–H groups in total. The molecule has 1 saturated heterocycles. The van der Waals surface area contributed by atoms with Crippen LogP contribution >= 0.6 is 15.9 Å². The highest BCUT2D eigenvalue weighted by atomic mass is 79.9. The number of benzene rings is 2. The van der Waals surface area contributed by atoms with Crippen LogP contribution in [0.2, 0.25) is 0 Å². The monoisotopic (exact) mass is 448 g/mol. The highest BCUT2D eigenvalue weighted by Crippen LogP contribution is 2.29. The second kappa shape index (κ2) is 9.07. The number of hydrogen-bond donors (Lipinski definition) is 0. The molecule has 7 nitrogen and oxygen atoms in total. The summed E-state index contributed by atoms with van der Waals surface area (Å²) in [6, 6.07) is 12.0. The van der Waals surface area contributed by atoms with Gasteiger partial charge in [0.2, 0.25) is 0 Å². The van der Waals surface area contributed by atoms with E-state index in [2.05, 4.69) is 15.9 Å². The molecule has 1 aliphatic rings. The summed E-state index contributed by atoms with van der Waals surface area (Å²) in [5.41, 5.74) is 0.945. The molecular weight excluding hydrogens is 428 g/mol. The molecule has 0 radical (unpaired) electrons.